The van der Waals surface area contributed by atoms with Crippen LogP contribution in [-0.4, -0.2) is 24.6 Å². The fourth-order valence-electron chi connectivity index (χ4n) is 2.19. The molecule has 0 spiro atoms. The minimum atomic E-state index is -4.67. The van der Waals surface area contributed by atoms with Gasteiger partial charge in [0.25, 0.3) is 0 Å². The van der Waals surface area contributed by atoms with Crippen LogP contribution in [-0.2, 0) is 9.09 Å². The van der Waals surface area contributed by atoms with E-state index in [9.17, 15) is 4.57 Å². The molecule has 0 unspecified atom stereocenters. The molecule has 2 aromatic heterocycles. The van der Waals surface area contributed by atoms with Crippen molar-refractivity contribution >= 4 is 13.4 Å². The van der Waals surface area contributed by atoms with E-state index in [1.807, 2.05) is 6.07 Å². The van der Waals surface area contributed by atoms with Crippen LogP contribution in [0.2, 0.25) is 0 Å². The van der Waals surface area contributed by atoms with Gasteiger partial charge in [0.2, 0.25) is 0 Å². The van der Waals surface area contributed by atoms with Gasteiger partial charge < -0.3 is 9.79 Å². The minimum Gasteiger partial charge on any atom is -0.303 e. The lowest BCUT2D eigenvalue weighted by Gasteiger charge is -2.18. The number of aryl methyl sites for hydroxylation is 1. The Labute approximate surface area is 139 Å². The van der Waals surface area contributed by atoms with Crippen LogP contribution in [0.1, 0.15) is 42.6 Å². The van der Waals surface area contributed by atoms with Gasteiger partial charge in [-0.25, -0.2) is 14.2 Å². The van der Waals surface area contributed by atoms with Gasteiger partial charge in [-0.15, -0.1) is 0 Å². The van der Waals surface area contributed by atoms with E-state index >= 15 is 0 Å². The van der Waals surface area contributed by atoms with Crippen molar-refractivity contribution in [3.05, 3.63) is 47.4 Å². The summed E-state index contributed by atoms with van der Waals surface area (Å²) in [5.74, 6) is 0.329. The van der Waals surface area contributed by atoms with Gasteiger partial charge in [0, 0.05) is 11.3 Å². The van der Waals surface area contributed by atoms with Crippen LogP contribution in [0.4, 0.5) is 0 Å². The first-order valence-electron chi connectivity index (χ1n) is 7.00. The number of aromatic nitrogens is 3. The molecule has 2 aromatic rings. The lowest BCUT2D eigenvalue weighted by molar-refractivity contribution is 0.145. The molecule has 0 bridgehead atoms. The Morgan fingerprint density at radius 1 is 1.50 bits per heavy atom. The predicted molar refractivity (Wildman–Crippen MR) is 87.1 cm³/mol. The Bertz CT molecular complexity index is 878. The predicted octanol–water partition coefficient (Wildman–Crippen LogP) is 2.65. The maximum absolute atomic E-state index is 11.1. The standard InChI is InChI=1S/C15H17N4O4P/c1-9(2)14-6-5-13(11(4)23-24(20,21)22)15(17-14)19-10(3)7-12(8-16)18-19/h5-7,11H,1H2,2-4H3,(H2,20,21,22)/t11-/m0/s1. The molecule has 9 heteroatoms. The van der Waals surface area contributed by atoms with Crippen molar-refractivity contribution in [1.82, 2.24) is 14.8 Å². The zero-order chi connectivity index (χ0) is 18.1. The smallest absolute Gasteiger partial charge is 0.303 e. The summed E-state index contributed by atoms with van der Waals surface area (Å²) in [5, 5.41) is 13.2. The molecule has 2 N–H and O–H groups in total. The van der Waals surface area contributed by atoms with Gasteiger partial charge in [-0.3, -0.25) is 4.52 Å². The monoisotopic (exact) mass is 348 g/mol. The summed E-state index contributed by atoms with van der Waals surface area (Å²) in [4.78, 5) is 22.5. The van der Waals surface area contributed by atoms with E-state index in [1.165, 1.54) is 11.6 Å². The number of phosphoric acid groups is 1. The van der Waals surface area contributed by atoms with Gasteiger partial charge in [0.1, 0.15) is 6.07 Å². The van der Waals surface area contributed by atoms with E-state index in [0.29, 0.717) is 22.8 Å². The Balaban J connectivity index is 2.63. The average molecular weight is 348 g/mol. The summed E-state index contributed by atoms with van der Waals surface area (Å²) < 4.78 is 17.3. The number of allylic oxidation sites excluding steroid dienone is 1. The molecule has 2 rings (SSSR count). The molecule has 0 aliphatic rings. The van der Waals surface area contributed by atoms with Crippen LogP contribution in [0.15, 0.2) is 24.8 Å². The van der Waals surface area contributed by atoms with Gasteiger partial charge in [-0.05, 0) is 38.5 Å². The SMILES string of the molecule is C=C(C)c1ccc([C@H](C)OP(=O)(O)O)c(-n2nc(C#N)cc2C)n1. The topological polar surface area (TPSA) is 121 Å². The number of nitriles is 1. The van der Waals surface area contributed by atoms with Crippen LogP contribution in [0.3, 0.4) is 0 Å². The van der Waals surface area contributed by atoms with Crippen LogP contribution >= 0.6 is 7.82 Å². The molecule has 1 atom stereocenters. The number of rotatable bonds is 5. The van der Waals surface area contributed by atoms with Gasteiger partial charge in [0.15, 0.2) is 11.5 Å². The zero-order valence-electron chi connectivity index (χ0n) is 13.5. The van der Waals surface area contributed by atoms with E-state index in [1.54, 1.807) is 32.0 Å². The molecule has 0 aromatic carbocycles. The van der Waals surface area contributed by atoms with Crippen LogP contribution in [0.25, 0.3) is 11.4 Å². The first kappa shape index (κ1) is 18.0. The number of phosphoric ester groups is 1. The van der Waals surface area contributed by atoms with Crippen molar-refractivity contribution in [1.29, 1.82) is 5.26 Å². The third-order valence-corrected chi connectivity index (χ3v) is 3.87. The number of hydrogen-bond acceptors (Lipinski definition) is 5. The second kappa shape index (κ2) is 6.67. The van der Waals surface area contributed by atoms with E-state index in [2.05, 4.69) is 16.7 Å². The third-order valence-electron chi connectivity index (χ3n) is 3.28. The lowest BCUT2D eigenvalue weighted by atomic mass is 10.1. The van der Waals surface area contributed by atoms with Crippen LogP contribution in [0.5, 0.6) is 0 Å². The van der Waals surface area contributed by atoms with E-state index in [0.717, 1.165) is 5.57 Å². The molecule has 0 aliphatic heterocycles. The van der Waals surface area contributed by atoms with Crippen molar-refractivity contribution in [3.8, 4) is 11.9 Å². The van der Waals surface area contributed by atoms with Crippen molar-refractivity contribution < 1.29 is 18.9 Å². The van der Waals surface area contributed by atoms with E-state index in [-0.39, 0.29) is 5.69 Å². The molecular formula is C15H17N4O4P. The van der Waals surface area contributed by atoms with E-state index in [4.69, 9.17) is 19.6 Å². The van der Waals surface area contributed by atoms with Gasteiger partial charge in [0.05, 0.1) is 11.8 Å². The summed E-state index contributed by atoms with van der Waals surface area (Å²) in [6.07, 6.45) is -0.929. The Morgan fingerprint density at radius 3 is 2.67 bits per heavy atom. The van der Waals surface area contributed by atoms with Gasteiger partial charge >= 0.3 is 7.82 Å². The molecule has 0 fully saturated rings. The molecule has 0 saturated carbocycles. The highest BCUT2D eigenvalue weighted by molar-refractivity contribution is 7.46. The van der Waals surface area contributed by atoms with Crippen molar-refractivity contribution in [2.45, 2.75) is 26.9 Å². The van der Waals surface area contributed by atoms with Gasteiger partial charge in [-0.2, -0.15) is 10.4 Å². The molecular weight excluding hydrogens is 331 g/mol. The number of hydrogen-bond donors (Lipinski definition) is 2. The normalized spacial score (nSPS) is 12.7. The fraction of sp³-hybridized carbons (Fsp3) is 0.267. The molecule has 0 saturated heterocycles. The van der Waals surface area contributed by atoms with Crippen molar-refractivity contribution in [2.75, 3.05) is 0 Å². The molecule has 0 radical (unpaired) electrons. The minimum absolute atomic E-state index is 0.213. The van der Waals surface area contributed by atoms with Crippen molar-refractivity contribution in [3.63, 3.8) is 0 Å². The van der Waals surface area contributed by atoms with Crippen LogP contribution < -0.4 is 0 Å². The third kappa shape index (κ3) is 3.96. The highest BCUT2D eigenvalue weighted by atomic mass is 31.2. The van der Waals surface area contributed by atoms with Crippen molar-refractivity contribution in [2.24, 2.45) is 0 Å². The number of nitrogens with zero attached hydrogens (tertiary/aromatic N) is 4. The molecule has 8 nitrogen and oxygen atoms in total. The summed E-state index contributed by atoms with van der Waals surface area (Å²) in [7, 11) is -4.67. The maximum Gasteiger partial charge on any atom is 0.470 e. The summed E-state index contributed by atoms with van der Waals surface area (Å²) in [5.41, 5.74) is 2.62. The Morgan fingerprint density at radius 2 is 2.17 bits per heavy atom. The molecule has 126 valence electrons. The summed E-state index contributed by atoms with van der Waals surface area (Å²) in [6.45, 7) is 8.88. The largest absolute Gasteiger partial charge is 0.470 e. The average Bonchev–Trinajstić information content (AvgIpc) is 2.85. The summed E-state index contributed by atoms with van der Waals surface area (Å²) >= 11 is 0. The molecule has 24 heavy (non-hydrogen) atoms. The zero-order valence-corrected chi connectivity index (χ0v) is 14.4. The quantitative estimate of drug-likeness (QED) is 0.797. The lowest BCUT2D eigenvalue weighted by Crippen LogP contribution is -2.11. The number of pyridine rings is 1. The Kier molecular flexibility index (Phi) is 5.02. The summed E-state index contributed by atoms with van der Waals surface area (Å²) in [6, 6.07) is 6.88. The van der Waals surface area contributed by atoms with Crippen LogP contribution in [0, 0.1) is 18.3 Å². The van der Waals surface area contributed by atoms with E-state index < -0.39 is 13.9 Å². The maximum atomic E-state index is 11.1. The second-order valence-corrected chi connectivity index (χ2v) is 6.51. The van der Waals surface area contributed by atoms with Gasteiger partial charge in [-0.1, -0.05) is 12.6 Å². The molecule has 0 aliphatic carbocycles. The highest BCUT2D eigenvalue weighted by Gasteiger charge is 2.24. The Hall–Kier alpha value is -2.30. The highest BCUT2D eigenvalue weighted by Crippen LogP contribution is 2.43. The molecule has 0 amide bonds. The first-order valence-corrected chi connectivity index (χ1v) is 8.53. The second-order valence-electron chi connectivity index (χ2n) is 5.32. The first-order chi connectivity index (χ1) is 11.1. The fourth-order valence-corrected chi connectivity index (χ4v) is 2.72. The molecule has 2 heterocycles.